The zero-order valence-corrected chi connectivity index (χ0v) is 15.0. The minimum absolute atomic E-state index is 0.0232. The second kappa shape index (κ2) is 10.8. The fourth-order valence-corrected chi connectivity index (χ4v) is 2.84. The van der Waals surface area contributed by atoms with Gasteiger partial charge in [-0.2, -0.15) is 8.78 Å². The van der Waals surface area contributed by atoms with Crippen molar-refractivity contribution in [3.63, 3.8) is 0 Å². The summed E-state index contributed by atoms with van der Waals surface area (Å²) in [5, 5.41) is 2.85. The van der Waals surface area contributed by atoms with Gasteiger partial charge in [-0.05, 0) is 56.6 Å². The molecule has 7 heteroatoms. The van der Waals surface area contributed by atoms with Crippen LogP contribution in [-0.2, 0) is 4.79 Å². The molecule has 0 saturated carbocycles. The third-order valence-corrected chi connectivity index (χ3v) is 4.09. The first-order valence-electron chi connectivity index (χ1n) is 8.98. The zero-order valence-electron chi connectivity index (χ0n) is 15.0. The van der Waals surface area contributed by atoms with Gasteiger partial charge >= 0.3 is 6.61 Å². The van der Waals surface area contributed by atoms with E-state index in [2.05, 4.69) is 15.0 Å². The van der Waals surface area contributed by atoms with Crippen molar-refractivity contribution in [2.45, 2.75) is 32.8 Å². The predicted molar refractivity (Wildman–Crippen MR) is 96.6 cm³/mol. The van der Waals surface area contributed by atoms with E-state index in [4.69, 9.17) is 4.74 Å². The maximum Gasteiger partial charge on any atom is 0.387 e. The van der Waals surface area contributed by atoms with Crippen LogP contribution in [0.5, 0.6) is 11.5 Å². The minimum Gasteiger partial charge on any atom is -0.490 e. The van der Waals surface area contributed by atoms with Crippen LogP contribution >= 0.6 is 0 Å². The fraction of sp³-hybridized carbons (Fsp3) is 0.526. The Morgan fingerprint density at radius 1 is 1.27 bits per heavy atom. The maximum atomic E-state index is 12.4. The number of hydrogen-bond acceptors (Lipinski definition) is 4. The lowest BCUT2D eigenvalue weighted by molar-refractivity contribution is -0.116. The van der Waals surface area contributed by atoms with E-state index >= 15 is 0 Å². The van der Waals surface area contributed by atoms with Crippen molar-refractivity contribution in [3.8, 4) is 11.5 Å². The lowest BCUT2D eigenvalue weighted by Crippen LogP contribution is -2.37. The van der Waals surface area contributed by atoms with E-state index < -0.39 is 6.61 Å². The number of hydrogen-bond donors (Lipinski definition) is 1. The summed E-state index contributed by atoms with van der Waals surface area (Å²) in [6.07, 6.45) is 6.78. The molecule has 1 aliphatic heterocycles. The molecule has 0 radical (unpaired) electrons. The molecule has 1 N–H and O–H groups in total. The Morgan fingerprint density at radius 2 is 2.04 bits per heavy atom. The second-order valence-electron chi connectivity index (χ2n) is 6.04. The smallest absolute Gasteiger partial charge is 0.387 e. The van der Waals surface area contributed by atoms with Gasteiger partial charge in [0.15, 0.2) is 11.5 Å². The monoisotopic (exact) mass is 368 g/mol. The number of benzene rings is 1. The number of ether oxygens (including phenoxy) is 2. The molecule has 26 heavy (non-hydrogen) atoms. The average molecular weight is 368 g/mol. The first-order valence-corrected chi connectivity index (χ1v) is 8.98. The Hall–Kier alpha value is -2.15. The first-order chi connectivity index (χ1) is 12.6. The normalized spacial score (nSPS) is 15.4. The predicted octanol–water partition coefficient (Wildman–Crippen LogP) is 3.30. The SMILES string of the molecule is CCOc1cc(/C=C/C(=O)NCCN2CCCCC2)ccc1OC(F)F. The Bertz CT molecular complexity index is 602. The van der Waals surface area contributed by atoms with Gasteiger partial charge in [-0.1, -0.05) is 12.5 Å². The molecule has 2 rings (SSSR count). The number of alkyl halides is 2. The Kier molecular flexibility index (Phi) is 8.34. The number of likely N-dealkylation sites (tertiary alicyclic amines) is 1. The van der Waals surface area contributed by atoms with Crippen LogP contribution in [-0.4, -0.2) is 50.2 Å². The summed E-state index contributed by atoms with van der Waals surface area (Å²) in [6, 6.07) is 4.57. The molecule has 1 aromatic carbocycles. The molecule has 1 fully saturated rings. The van der Waals surface area contributed by atoms with Gasteiger partial charge in [0.05, 0.1) is 6.61 Å². The van der Waals surface area contributed by atoms with Crippen LogP contribution < -0.4 is 14.8 Å². The quantitative estimate of drug-likeness (QED) is 0.680. The summed E-state index contributed by atoms with van der Waals surface area (Å²) < 4.78 is 34.5. The molecule has 0 unspecified atom stereocenters. The van der Waals surface area contributed by atoms with Gasteiger partial charge in [-0.25, -0.2) is 0 Å². The number of piperidine rings is 1. The fourth-order valence-electron chi connectivity index (χ4n) is 2.84. The van der Waals surface area contributed by atoms with E-state index in [1.807, 2.05) is 0 Å². The second-order valence-corrected chi connectivity index (χ2v) is 6.04. The van der Waals surface area contributed by atoms with Crippen LogP contribution in [0.15, 0.2) is 24.3 Å². The van der Waals surface area contributed by atoms with Crippen LogP contribution in [0.3, 0.4) is 0 Å². The van der Waals surface area contributed by atoms with Crippen LogP contribution in [0.2, 0.25) is 0 Å². The van der Waals surface area contributed by atoms with Crippen LogP contribution in [0.4, 0.5) is 8.78 Å². The Labute approximate surface area is 153 Å². The first kappa shape index (κ1) is 20.2. The molecule has 5 nitrogen and oxygen atoms in total. The van der Waals surface area contributed by atoms with E-state index in [1.54, 1.807) is 25.1 Å². The lowest BCUT2D eigenvalue weighted by Gasteiger charge is -2.26. The molecule has 144 valence electrons. The third kappa shape index (κ3) is 7.00. The number of amides is 1. The molecule has 1 aromatic rings. The van der Waals surface area contributed by atoms with Gasteiger partial charge in [-0.15, -0.1) is 0 Å². The topological polar surface area (TPSA) is 50.8 Å². The highest BCUT2D eigenvalue weighted by molar-refractivity contribution is 5.91. The van der Waals surface area contributed by atoms with Gasteiger partial charge in [0.2, 0.25) is 5.91 Å². The summed E-state index contributed by atoms with van der Waals surface area (Å²) in [4.78, 5) is 14.3. The molecule has 1 saturated heterocycles. The molecule has 0 atom stereocenters. The summed E-state index contributed by atoms with van der Waals surface area (Å²) >= 11 is 0. The zero-order chi connectivity index (χ0) is 18.8. The van der Waals surface area contributed by atoms with Crippen molar-refractivity contribution in [1.82, 2.24) is 10.2 Å². The molecule has 1 heterocycles. The van der Waals surface area contributed by atoms with Crippen molar-refractivity contribution >= 4 is 12.0 Å². The van der Waals surface area contributed by atoms with E-state index in [9.17, 15) is 13.6 Å². The molecule has 0 aliphatic carbocycles. The van der Waals surface area contributed by atoms with E-state index in [0.29, 0.717) is 18.7 Å². The molecule has 0 spiro atoms. The largest absolute Gasteiger partial charge is 0.490 e. The number of carbonyl (C=O) groups excluding carboxylic acids is 1. The minimum atomic E-state index is -2.92. The van der Waals surface area contributed by atoms with Crippen LogP contribution in [0, 0.1) is 0 Å². The van der Waals surface area contributed by atoms with Crippen LogP contribution in [0.1, 0.15) is 31.7 Å². The van der Waals surface area contributed by atoms with Gasteiger partial charge in [0.25, 0.3) is 0 Å². The summed E-state index contributed by atoms with van der Waals surface area (Å²) in [5.41, 5.74) is 0.668. The highest BCUT2D eigenvalue weighted by Gasteiger charge is 2.11. The van der Waals surface area contributed by atoms with Crippen molar-refractivity contribution < 1.29 is 23.0 Å². The molecular formula is C19H26F2N2O3. The standard InChI is InChI=1S/C19H26F2N2O3/c1-2-25-17-14-15(6-8-16(17)26-19(20)21)7-9-18(24)22-10-13-23-11-4-3-5-12-23/h6-9,14,19H,2-5,10-13H2,1H3,(H,22,24)/b9-7+. The van der Waals surface area contributed by atoms with Crippen molar-refractivity contribution in [2.75, 3.05) is 32.8 Å². The number of halogens is 2. The maximum absolute atomic E-state index is 12.4. The molecule has 0 aromatic heterocycles. The number of nitrogens with one attached hydrogen (secondary N) is 1. The number of nitrogens with zero attached hydrogens (tertiary/aromatic N) is 1. The highest BCUT2D eigenvalue weighted by Crippen LogP contribution is 2.30. The molecular weight excluding hydrogens is 342 g/mol. The average Bonchev–Trinajstić information content (AvgIpc) is 2.62. The van der Waals surface area contributed by atoms with Gasteiger partial charge in [-0.3, -0.25) is 4.79 Å². The number of rotatable bonds is 9. The van der Waals surface area contributed by atoms with Gasteiger partial charge in [0.1, 0.15) is 0 Å². The molecule has 0 bridgehead atoms. The van der Waals surface area contributed by atoms with E-state index in [-0.39, 0.29) is 17.4 Å². The van der Waals surface area contributed by atoms with E-state index in [0.717, 1.165) is 19.6 Å². The van der Waals surface area contributed by atoms with Crippen molar-refractivity contribution in [3.05, 3.63) is 29.8 Å². The molecule has 1 aliphatic rings. The Balaban J connectivity index is 1.85. The van der Waals surface area contributed by atoms with Gasteiger partial charge in [0, 0.05) is 19.2 Å². The summed E-state index contributed by atoms with van der Waals surface area (Å²) in [5.74, 6) is 0.0123. The molecule has 1 amide bonds. The third-order valence-electron chi connectivity index (χ3n) is 4.09. The lowest BCUT2D eigenvalue weighted by atomic mass is 10.1. The van der Waals surface area contributed by atoms with Crippen molar-refractivity contribution in [1.29, 1.82) is 0 Å². The highest BCUT2D eigenvalue weighted by atomic mass is 19.3. The summed E-state index contributed by atoms with van der Waals surface area (Å²) in [6.45, 7) is 2.82. The summed E-state index contributed by atoms with van der Waals surface area (Å²) in [7, 11) is 0. The van der Waals surface area contributed by atoms with Crippen LogP contribution in [0.25, 0.3) is 6.08 Å². The van der Waals surface area contributed by atoms with Gasteiger partial charge < -0.3 is 19.7 Å². The van der Waals surface area contributed by atoms with E-state index in [1.165, 1.54) is 31.4 Å². The number of carbonyl (C=O) groups is 1. The Morgan fingerprint density at radius 3 is 2.73 bits per heavy atom. The van der Waals surface area contributed by atoms with Crippen molar-refractivity contribution in [2.24, 2.45) is 0 Å².